The molecule has 4 atom stereocenters. The molecule has 1 aromatic rings. The van der Waals surface area contributed by atoms with Crippen molar-refractivity contribution in [3.63, 3.8) is 0 Å². The van der Waals surface area contributed by atoms with E-state index in [4.69, 9.17) is 21.1 Å². The smallest absolute Gasteiger partial charge is 0.302 e. The van der Waals surface area contributed by atoms with Gasteiger partial charge in [0.2, 0.25) is 11.8 Å². The summed E-state index contributed by atoms with van der Waals surface area (Å²) in [5.41, 5.74) is -0.583. The van der Waals surface area contributed by atoms with E-state index in [9.17, 15) is 14.4 Å². The van der Waals surface area contributed by atoms with Crippen molar-refractivity contribution in [2.45, 2.75) is 18.6 Å². The number of amides is 2. The van der Waals surface area contributed by atoms with E-state index >= 15 is 0 Å². The summed E-state index contributed by atoms with van der Waals surface area (Å²) in [5.74, 6) is -2.37. The van der Waals surface area contributed by atoms with Crippen LogP contribution in [0.3, 0.4) is 0 Å². The maximum absolute atomic E-state index is 12.9. The first kappa shape index (κ1) is 15.4. The van der Waals surface area contributed by atoms with Gasteiger partial charge in [0.25, 0.3) is 0 Å². The SMILES string of the molecule is CC(=O)OC[C@@]12C=C[C@@H](O1)[C@H]1C(=O)N(c3ccc(Cl)cc3)C(=O)[C@H]12. The number of ether oxygens (including phenoxy) is 2. The van der Waals surface area contributed by atoms with Crippen LogP contribution in [-0.4, -0.2) is 36.1 Å². The number of nitrogens with zero attached hydrogens (tertiary/aromatic N) is 1. The van der Waals surface area contributed by atoms with Gasteiger partial charge in [-0.1, -0.05) is 17.7 Å². The first-order valence-corrected chi connectivity index (χ1v) is 7.95. The molecule has 0 N–H and O–H groups in total. The summed E-state index contributed by atoms with van der Waals surface area (Å²) < 4.78 is 10.9. The van der Waals surface area contributed by atoms with Crippen LogP contribution in [0, 0.1) is 11.8 Å². The average molecular weight is 348 g/mol. The number of hydrogen-bond acceptors (Lipinski definition) is 5. The zero-order valence-corrected chi connectivity index (χ0v) is 13.5. The summed E-state index contributed by atoms with van der Waals surface area (Å²) in [6, 6.07) is 6.52. The highest BCUT2D eigenvalue weighted by molar-refractivity contribution is 6.31. The second-order valence-electron chi connectivity index (χ2n) is 6.17. The first-order chi connectivity index (χ1) is 11.4. The molecular weight excluding hydrogens is 334 g/mol. The fourth-order valence-corrected chi connectivity index (χ4v) is 3.85. The molecule has 3 aliphatic rings. The van der Waals surface area contributed by atoms with Gasteiger partial charge in [0.1, 0.15) is 12.2 Å². The molecule has 1 aromatic carbocycles. The second kappa shape index (κ2) is 5.16. The molecule has 2 fully saturated rings. The lowest BCUT2D eigenvalue weighted by molar-refractivity contribution is -0.150. The zero-order valence-electron chi connectivity index (χ0n) is 12.8. The van der Waals surface area contributed by atoms with Gasteiger partial charge in [0.15, 0.2) is 0 Å². The number of carbonyl (C=O) groups excluding carboxylic acids is 3. The van der Waals surface area contributed by atoms with Gasteiger partial charge in [-0.15, -0.1) is 0 Å². The minimum Gasteiger partial charge on any atom is -0.462 e. The Bertz CT molecular complexity index is 774. The van der Waals surface area contributed by atoms with E-state index in [1.807, 2.05) is 0 Å². The Labute approximate surface area is 143 Å². The number of fused-ring (bicyclic) bond motifs is 5. The topological polar surface area (TPSA) is 72.9 Å². The molecule has 4 rings (SSSR count). The van der Waals surface area contributed by atoms with Crippen molar-refractivity contribution in [1.29, 1.82) is 0 Å². The summed E-state index contributed by atoms with van der Waals surface area (Å²) in [7, 11) is 0. The molecule has 0 aromatic heterocycles. The molecule has 2 bridgehead atoms. The van der Waals surface area contributed by atoms with Gasteiger partial charge in [-0.2, -0.15) is 0 Å². The van der Waals surface area contributed by atoms with E-state index in [-0.39, 0.29) is 18.4 Å². The van der Waals surface area contributed by atoms with Gasteiger partial charge < -0.3 is 9.47 Å². The van der Waals surface area contributed by atoms with Crippen molar-refractivity contribution < 1.29 is 23.9 Å². The quantitative estimate of drug-likeness (QED) is 0.473. The Kier molecular flexibility index (Phi) is 3.30. The van der Waals surface area contributed by atoms with Crippen molar-refractivity contribution >= 4 is 35.1 Å². The highest BCUT2D eigenvalue weighted by Gasteiger charge is 2.68. The molecule has 0 saturated carbocycles. The molecule has 2 amide bonds. The number of halogens is 1. The maximum Gasteiger partial charge on any atom is 0.302 e. The Hall–Kier alpha value is -2.18. The van der Waals surface area contributed by atoms with Crippen molar-refractivity contribution in [2.75, 3.05) is 11.5 Å². The van der Waals surface area contributed by atoms with Crippen molar-refractivity contribution in [3.8, 4) is 0 Å². The molecule has 3 heterocycles. The molecule has 3 aliphatic heterocycles. The second-order valence-corrected chi connectivity index (χ2v) is 6.60. The molecule has 0 radical (unpaired) electrons. The molecule has 6 nitrogen and oxygen atoms in total. The van der Waals surface area contributed by atoms with E-state index < -0.39 is 29.5 Å². The third kappa shape index (κ3) is 2.03. The highest BCUT2D eigenvalue weighted by Crippen LogP contribution is 2.52. The third-order valence-electron chi connectivity index (χ3n) is 4.74. The molecule has 0 unspecified atom stereocenters. The fourth-order valence-electron chi connectivity index (χ4n) is 3.73. The van der Waals surface area contributed by atoms with E-state index in [1.54, 1.807) is 36.4 Å². The lowest BCUT2D eigenvalue weighted by Crippen LogP contribution is -2.44. The van der Waals surface area contributed by atoms with Crippen molar-refractivity contribution in [3.05, 3.63) is 41.4 Å². The minimum atomic E-state index is -1.06. The van der Waals surface area contributed by atoms with Gasteiger partial charge in [-0.05, 0) is 30.3 Å². The van der Waals surface area contributed by atoms with Crippen LogP contribution in [0.2, 0.25) is 5.02 Å². The van der Waals surface area contributed by atoms with Crippen LogP contribution in [0.1, 0.15) is 6.92 Å². The number of anilines is 1. The van der Waals surface area contributed by atoms with Crippen LogP contribution in [0.15, 0.2) is 36.4 Å². The third-order valence-corrected chi connectivity index (χ3v) is 4.99. The van der Waals surface area contributed by atoms with E-state index in [2.05, 4.69) is 0 Å². The number of hydrogen-bond donors (Lipinski definition) is 0. The van der Waals surface area contributed by atoms with Gasteiger partial charge in [-0.25, -0.2) is 4.90 Å². The summed E-state index contributed by atoms with van der Waals surface area (Å²) >= 11 is 5.87. The molecule has 0 spiro atoms. The summed E-state index contributed by atoms with van der Waals surface area (Å²) in [6.45, 7) is 1.21. The first-order valence-electron chi connectivity index (χ1n) is 7.57. The summed E-state index contributed by atoms with van der Waals surface area (Å²) in [4.78, 5) is 38.1. The monoisotopic (exact) mass is 347 g/mol. The number of imide groups is 1. The predicted molar refractivity (Wildman–Crippen MR) is 84.3 cm³/mol. The Morgan fingerprint density at radius 2 is 2.00 bits per heavy atom. The maximum atomic E-state index is 12.9. The van der Waals surface area contributed by atoms with E-state index in [1.165, 1.54) is 11.8 Å². The number of carbonyl (C=O) groups is 3. The zero-order chi connectivity index (χ0) is 17.1. The van der Waals surface area contributed by atoms with Crippen LogP contribution in [0.25, 0.3) is 0 Å². The predicted octanol–water partition coefficient (Wildman–Crippen LogP) is 1.72. The highest BCUT2D eigenvalue weighted by atomic mass is 35.5. The van der Waals surface area contributed by atoms with Gasteiger partial charge in [0, 0.05) is 11.9 Å². The van der Waals surface area contributed by atoms with Crippen LogP contribution in [0.4, 0.5) is 5.69 Å². The van der Waals surface area contributed by atoms with E-state index in [0.29, 0.717) is 10.7 Å². The van der Waals surface area contributed by atoms with E-state index in [0.717, 1.165) is 0 Å². The largest absolute Gasteiger partial charge is 0.462 e. The summed E-state index contributed by atoms with van der Waals surface area (Å²) in [5, 5.41) is 0.523. The molecule has 124 valence electrons. The fraction of sp³-hybridized carbons (Fsp3) is 0.353. The molecule has 0 aliphatic carbocycles. The normalized spacial score (nSPS) is 33.2. The Morgan fingerprint density at radius 3 is 2.67 bits per heavy atom. The van der Waals surface area contributed by atoms with Gasteiger partial charge in [-0.3, -0.25) is 14.4 Å². The average Bonchev–Trinajstić information content (AvgIpc) is 3.18. The van der Waals surface area contributed by atoms with Crippen LogP contribution >= 0.6 is 11.6 Å². The minimum absolute atomic E-state index is 0.0794. The van der Waals surface area contributed by atoms with Crippen molar-refractivity contribution in [2.24, 2.45) is 11.8 Å². The lowest BCUT2D eigenvalue weighted by atomic mass is 9.77. The van der Waals surface area contributed by atoms with Crippen molar-refractivity contribution in [1.82, 2.24) is 0 Å². The van der Waals surface area contributed by atoms with Crippen LogP contribution in [-0.2, 0) is 23.9 Å². The van der Waals surface area contributed by atoms with Gasteiger partial charge in [0.05, 0.1) is 23.6 Å². The Balaban J connectivity index is 1.69. The Morgan fingerprint density at radius 1 is 1.29 bits per heavy atom. The summed E-state index contributed by atoms with van der Waals surface area (Å²) in [6.07, 6.45) is 3.03. The molecule has 2 saturated heterocycles. The molecule has 7 heteroatoms. The number of rotatable bonds is 3. The van der Waals surface area contributed by atoms with Crippen LogP contribution < -0.4 is 4.90 Å². The van der Waals surface area contributed by atoms with Crippen LogP contribution in [0.5, 0.6) is 0 Å². The number of esters is 1. The standard InChI is InChI=1S/C17H14ClNO5/c1-9(20)23-8-17-7-6-12(24-17)13-14(17)16(22)19(15(13)21)11-4-2-10(18)3-5-11/h2-7,12-14H,8H2,1H3/t12-,13-,14+,17-/m1/s1. The lowest BCUT2D eigenvalue weighted by Gasteiger charge is -2.28. The molecular formula is C17H14ClNO5. The van der Waals surface area contributed by atoms with Gasteiger partial charge >= 0.3 is 5.97 Å². The molecule has 24 heavy (non-hydrogen) atoms. The number of benzene rings is 1.